The van der Waals surface area contributed by atoms with E-state index in [2.05, 4.69) is 26.4 Å². The van der Waals surface area contributed by atoms with E-state index in [0.29, 0.717) is 37.2 Å². The molecule has 5 N–H and O–H groups in total. The number of aromatic amines is 1. The average molecular weight is 743 g/mol. The highest BCUT2D eigenvalue weighted by molar-refractivity contribution is 5.98. The molecule has 2 unspecified atom stereocenters. The molecule has 4 amide bonds. The Labute approximate surface area is 307 Å². The number of piperidine rings is 1. The SMILES string of the molecule is CCC(C)[C@H](NC(=O)Cc1ccccc1F)C(=O)N[C@]1(C(=O)N[C@H](C(=O)NN2CCCCC2)C(C)CC)CCc2[nH]c3c(C(F)(F)F)cccc3c2C1. The van der Waals surface area contributed by atoms with Gasteiger partial charge in [-0.1, -0.05) is 77.3 Å². The van der Waals surface area contributed by atoms with Gasteiger partial charge in [-0.05, 0) is 60.8 Å². The summed E-state index contributed by atoms with van der Waals surface area (Å²) in [6.07, 6.45) is -1.07. The van der Waals surface area contributed by atoms with E-state index in [4.69, 9.17) is 0 Å². The van der Waals surface area contributed by atoms with Gasteiger partial charge in [0.2, 0.25) is 17.7 Å². The molecule has 14 heteroatoms. The number of halogens is 4. The second-order valence-electron chi connectivity index (χ2n) is 14.6. The number of carbonyl (C=O) groups excluding carboxylic acids is 4. The second-order valence-corrected chi connectivity index (χ2v) is 14.6. The highest BCUT2D eigenvalue weighted by Gasteiger charge is 2.47. The van der Waals surface area contributed by atoms with Gasteiger partial charge in [-0.15, -0.1) is 0 Å². The highest BCUT2D eigenvalue weighted by Crippen LogP contribution is 2.40. The lowest BCUT2D eigenvalue weighted by atomic mass is 9.78. The van der Waals surface area contributed by atoms with E-state index in [9.17, 15) is 36.7 Å². The quantitative estimate of drug-likeness (QED) is 0.148. The van der Waals surface area contributed by atoms with Gasteiger partial charge in [0.15, 0.2) is 0 Å². The Kier molecular flexibility index (Phi) is 12.5. The fourth-order valence-corrected chi connectivity index (χ4v) is 7.33. The zero-order valence-electron chi connectivity index (χ0n) is 30.7. The summed E-state index contributed by atoms with van der Waals surface area (Å²) in [6.45, 7) is 8.69. The van der Waals surface area contributed by atoms with Crippen LogP contribution < -0.4 is 21.4 Å². The number of amides is 4. The van der Waals surface area contributed by atoms with Crippen LogP contribution in [0.4, 0.5) is 17.6 Å². The third-order valence-corrected chi connectivity index (χ3v) is 10.9. The molecule has 3 aromatic rings. The van der Waals surface area contributed by atoms with Crippen LogP contribution in [-0.2, 0) is 44.6 Å². The van der Waals surface area contributed by atoms with Gasteiger partial charge in [0, 0.05) is 30.6 Å². The molecule has 1 aliphatic heterocycles. The molecule has 0 saturated carbocycles. The van der Waals surface area contributed by atoms with Gasteiger partial charge in [-0.3, -0.25) is 24.6 Å². The minimum absolute atomic E-state index is 0.00309. The van der Waals surface area contributed by atoms with Crippen LogP contribution in [0.2, 0.25) is 0 Å². The number of nitrogens with zero attached hydrogens (tertiary/aromatic N) is 1. The predicted molar refractivity (Wildman–Crippen MR) is 193 cm³/mol. The molecule has 5 atom stereocenters. The average Bonchev–Trinajstić information content (AvgIpc) is 3.50. The first-order valence-corrected chi connectivity index (χ1v) is 18.6. The van der Waals surface area contributed by atoms with Gasteiger partial charge >= 0.3 is 6.18 Å². The third-order valence-electron chi connectivity index (χ3n) is 10.9. The number of nitrogens with one attached hydrogen (secondary N) is 5. The molecule has 5 rings (SSSR count). The van der Waals surface area contributed by atoms with Crippen molar-refractivity contribution in [2.75, 3.05) is 13.1 Å². The van der Waals surface area contributed by atoms with E-state index in [1.54, 1.807) is 19.1 Å². The van der Waals surface area contributed by atoms with Crippen LogP contribution in [0.15, 0.2) is 42.5 Å². The van der Waals surface area contributed by atoms with E-state index >= 15 is 0 Å². The molecule has 0 bridgehead atoms. The van der Waals surface area contributed by atoms with Crippen molar-refractivity contribution in [1.82, 2.24) is 31.4 Å². The molecular weight excluding hydrogens is 692 g/mol. The maximum absolute atomic E-state index is 14.7. The van der Waals surface area contributed by atoms with Crippen LogP contribution in [-0.4, -0.2) is 64.3 Å². The summed E-state index contributed by atoms with van der Waals surface area (Å²) in [5.41, 5.74) is 1.42. The van der Waals surface area contributed by atoms with Gasteiger partial charge in [0.25, 0.3) is 5.91 Å². The van der Waals surface area contributed by atoms with Crippen molar-refractivity contribution in [3.8, 4) is 0 Å². The van der Waals surface area contributed by atoms with Crippen molar-refractivity contribution in [3.05, 3.63) is 70.7 Å². The van der Waals surface area contributed by atoms with Crippen molar-refractivity contribution in [2.24, 2.45) is 11.8 Å². The minimum Gasteiger partial charge on any atom is -0.358 e. The number of aromatic nitrogens is 1. The number of alkyl halides is 3. The number of hydrogen-bond acceptors (Lipinski definition) is 5. The fraction of sp³-hybridized carbons (Fsp3) is 0.538. The molecule has 288 valence electrons. The normalized spacial score (nSPS) is 20.1. The number of carbonyl (C=O) groups is 4. The maximum Gasteiger partial charge on any atom is 0.418 e. The number of rotatable bonds is 13. The fourth-order valence-electron chi connectivity index (χ4n) is 7.33. The maximum atomic E-state index is 14.7. The second kappa shape index (κ2) is 16.7. The molecule has 0 spiro atoms. The first-order chi connectivity index (χ1) is 25.2. The van der Waals surface area contributed by atoms with Crippen molar-refractivity contribution in [2.45, 2.75) is 109 Å². The highest BCUT2D eigenvalue weighted by atomic mass is 19.4. The van der Waals surface area contributed by atoms with E-state index < -0.39 is 64.7 Å². The number of para-hydroxylation sites is 1. The summed E-state index contributed by atoms with van der Waals surface area (Å²) < 4.78 is 56.6. The van der Waals surface area contributed by atoms with Gasteiger partial charge in [0.1, 0.15) is 23.4 Å². The van der Waals surface area contributed by atoms with E-state index in [1.165, 1.54) is 24.3 Å². The van der Waals surface area contributed by atoms with E-state index in [-0.39, 0.29) is 48.1 Å². The van der Waals surface area contributed by atoms with Crippen LogP contribution in [0.25, 0.3) is 10.9 Å². The molecule has 0 radical (unpaired) electrons. The molecule has 10 nitrogen and oxygen atoms in total. The topological polar surface area (TPSA) is 135 Å². The minimum atomic E-state index is -4.63. The zero-order valence-corrected chi connectivity index (χ0v) is 30.7. The molecule has 2 heterocycles. The Morgan fingerprint density at radius 2 is 1.55 bits per heavy atom. The van der Waals surface area contributed by atoms with E-state index in [0.717, 1.165) is 25.3 Å². The zero-order chi connectivity index (χ0) is 38.5. The first kappa shape index (κ1) is 39.7. The lowest BCUT2D eigenvalue weighted by molar-refractivity contribution is -0.140. The lowest BCUT2D eigenvalue weighted by Crippen LogP contribution is -2.67. The van der Waals surface area contributed by atoms with Crippen molar-refractivity contribution in [3.63, 3.8) is 0 Å². The molecular formula is C39H50F4N6O4. The van der Waals surface area contributed by atoms with Crippen LogP contribution in [0, 0.1) is 17.7 Å². The molecule has 1 fully saturated rings. The Bertz CT molecular complexity index is 1810. The summed E-state index contributed by atoms with van der Waals surface area (Å²) in [5, 5.41) is 10.7. The summed E-state index contributed by atoms with van der Waals surface area (Å²) >= 11 is 0. The van der Waals surface area contributed by atoms with Crippen LogP contribution in [0.5, 0.6) is 0 Å². The van der Waals surface area contributed by atoms with Crippen molar-refractivity contribution >= 4 is 34.5 Å². The molecule has 1 aromatic heterocycles. The molecule has 1 saturated heterocycles. The Hall–Kier alpha value is -4.46. The van der Waals surface area contributed by atoms with Crippen molar-refractivity contribution < 1.29 is 36.7 Å². The summed E-state index contributed by atoms with van der Waals surface area (Å²) in [4.78, 5) is 58.9. The largest absolute Gasteiger partial charge is 0.418 e. The number of aryl methyl sites for hydroxylation is 1. The van der Waals surface area contributed by atoms with Crippen LogP contribution >= 0.6 is 0 Å². The number of hydrogen-bond donors (Lipinski definition) is 5. The Morgan fingerprint density at radius 3 is 2.19 bits per heavy atom. The molecule has 2 aromatic carbocycles. The number of benzene rings is 2. The van der Waals surface area contributed by atoms with Crippen LogP contribution in [0.1, 0.15) is 88.6 Å². The first-order valence-electron chi connectivity index (χ1n) is 18.6. The van der Waals surface area contributed by atoms with Gasteiger partial charge in [-0.25, -0.2) is 9.40 Å². The molecule has 1 aliphatic carbocycles. The Morgan fingerprint density at radius 1 is 0.887 bits per heavy atom. The number of H-pyrrole nitrogens is 1. The lowest BCUT2D eigenvalue weighted by Gasteiger charge is -2.40. The predicted octanol–water partition coefficient (Wildman–Crippen LogP) is 5.49. The van der Waals surface area contributed by atoms with Gasteiger partial charge in [0.05, 0.1) is 17.5 Å². The smallest absolute Gasteiger partial charge is 0.358 e. The summed E-state index contributed by atoms with van der Waals surface area (Å²) in [6, 6.07) is 7.57. The monoisotopic (exact) mass is 742 g/mol. The Balaban J connectivity index is 1.49. The summed E-state index contributed by atoms with van der Waals surface area (Å²) in [7, 11) is 0. The van der Waals surface area contributed by atoms with Crippen LogP contribution in [0.3, 0.4) is 0 Å². The third kappa shape index (κ3) is 9.02. The van der Waals surface area contributed by atoms with Crippen molar-refractivity contribution in [1.29, 1.82) is 0 Å². The standard InChI is InChI=1S/C39H50F4N6O4/c1-5-23(3)32(45-31(50)21-25-13-8-9-16-29(25)40)35(51)47-38(37(53)46-33(24(4)6-2)36(52)48-49-19-10-7-11-20-49)18-17-30-27(22-38)26-14-12-15-28(34(26)44-30)39(41,42)43/h8-9,12-16,23-24,32-33,44H,5-7,10-11,17-22H2,1-4H3,(H,45,50)(H,46,53)(H,47,51)(H,48,52)/t23?,24?,32-,33-,38+/m0/s1. The van der Waals surface area contributed by atoms with Gasteiger partial charge < -0.3 is 20.9 Å². The van der Waals surface area contributed by atoms with E-state index in [1.807, 2.05) is 25.8 Å². The number of hydrazine groups is 1. The number of fused-ring (bicyclic) bond motifs is 3. The summed E-state index contributed by atoms with van der Waals surface area (Å²) in [5.74, 6) is -3.60. The molecule has 2 aliphatic rings. The van der Waals surface area contributed by atoms with Gasteiger partial charge in [-0.2, -0.15) is 13.2 Å². The molecule has 53 heavy (non-hydrogen) atoms.